The van der Waals surface area contributed by atoms with Gasteiger partial charge in [-0.3, -0.25) is 14.4 Å². The molecule has 4 nitrogen and oxygen atoms in total. The molecule has 0 spiro atoms. The van der Waals surface area contributed by atoms with E-state index in [1.54, 1.807) is 0 Å². The second-order valence-corrected chi connectivity index (χ2v) is 2.74. The van der Waals surface area contributed by atoms with Gasteiger partial charge >= 0.3 is 5.97 Å². The van der Waals surface area contributed by atoms with Gasteiger partial charge in [-0.05, 0) is 18.6 Å². The van der Waals surface area contributed by atoms with Crippen molar-refractivity contribution in [2.24, 2.45) is 5.92 Å². The molecule has 0 heterocycles. The second kappa shape index (κ2) is 2.89. The third-order valence-electron chi connectivity index (χ3n) is 1.79. The second-order valence-electron chi connectivity index (χ2n) is 2.74. The van der Waals surface area contributed by atoms with Crippen LogP contribution in [0.5, 0.6) is 0 Å². The summed E-state index contributed by atoms with van der Waals surface area (Å²) in [5, 5.41) is 8.37. The summed E-state index contributed by atoms with van der Waals surface area (Å²) in [6.07, 6.45) is 0.807. The number of carboxylic acids is 1. The number of ketones is 2. The van der Waals surface area contributed by atoms with E-state index in [4.69, 9.17) is 5.11 Å². The Morgan fingerprint density at radius 2 is 2.17 bits per heavy atom. The molecule has 1 aliphatic rings. The highest BCUT2D eigenvalue weighted by Gasteiger charge is 2.33. The first kappa shape index (κ1) is 8.64. The molecule has 4 heteroatoms. The van der Waals surface area contributed by atoms with E-state index in [-0.39, 0.29) is 11.6 Å². The number of carbonyl (C=O) groups is 3. The molecule has 12 heavy (non-hydrogen) atoms. The quantitative estimate of drug-likeness (QED) is 0.597. The normalized spacial score (nSPS) is 22.8. The molecule has 0 bridgehead atoms. The third-order valence-corrected chi connectivity index (χ3v) is 1.79. The molecule has 0 aromatic rings. The van der Waals surface area contributed by atoms with Crippen LogP contribution in [0, 0.1) is 5.92 Å². The van der Waals surface area contributed by atoms with E-state index in [1.165, 1.54) is 13.0 Å². The Kier molecular flexibility index (Phi) is 2.08. The first-order chi connectivity index (χ1) is 5.52. The zero-order valence-corrected chi connectivity index (χ0v) is 6.53. The fourth-order valence-corrected chi connectivity index (χ4v) is 1.16. The maximum absolute atomic E-state index is 11.1. The number of carbonyl (C=O) groups excluding carboxylic acids is 2. The average molecular weight is 168 g/mol. The molecule has 0 saturated carbocycles. The van der Waals surface area contributed by atoms with Crippen LogP contribution < -0.4 is 0 Å². The summed E-state index contributed by atoms with van der Waals surface area (Å²) in [7, 11) is 0. The van der Waals surface area contributed by atoms with Gasteiger partial charge in [-0.15, -0.1) is 0 Å². The van der Waals surface area contributed by atoms with E-state index >= 15 is 0 Å². The number of rotatable bonds is 2. The fourth-order valence-electron chi connectivity index (χ4n) is 1.16. The predicted molar refractivity (Wildman–Crippen MR) is 39.5 cm³/mol. The minimum atomic E-state index is -1.12. The van der Waals surface area contributed by atoms with Gasteiger partial charge in [0, 0.05) is 0 Å². The molecule has 0 radical (unpaired) electrons. The van der Waals surface area contributed by atoms with Gasteiger partial charge in [0.05, 0.1) is 12.3 Å². The predicted octanol–water partition coefficient (Wildman–Crippen LogP) is 0.175. The van der Waals surface area contributed by atoms with Crippen LogP contribution in [-0.4, -0.2) is 22.6 Å². The highest BCUT2D eigenvalue weighted by Crippen LogP contribution is 2.20. The highest BCUT2D eigenvalue weighted by atomic mass is 16.4. The number of hydrogen-bond acceptors (Lipinski definition) is 3. The number of carboxylic acid groups (broad SMARTS) is 1. The lowest BCUT2D eigenvalue weighted by molar-refractivity contribution is -0.142. The Morgan fingerprint density at radius 3 is 2.50 bits per heavy atom. The van der Waals surface area contributed by atoms with Crippen LogP contribution in [-0.2, 0) is 14.4 Å². The van der Waals surface area contributed by atoms with Gasteiger partial charge in [-0.25, -0.2) is 0 Å². The van der Waals surface area contributed by atoms with E-state index < -0.39 is 18.3 Å². The molecule has 1 unspecified atom stereocenters. The van der Waals surface area contributed by atoms with Crippen molar-refractivity contribution >= 4 is 17.5 Å². The molecule has 64 valence electrons. The lowest BCUT2D eigenvalue weighted by atomic mass is 10.00. The van der Waals surface area contributed by atoms with E-state index in [9.17, 15) is 14.4 Å². The molecule has 1 atom stereocenters. The van der Waals surface area contributed by atoms with Crippen LogP contribution in [0.4, 0.5) is 0 Å². The molecule has 1 aliphatic carbocycles. The SMILES string of the molecule is CC1=CC(=O)C(CC(=O)O)C1=O. The summed E-state index contributed by atoms with van der Waals surface area (Å²) in [5.41, 5.74) is 0.353. The van der Waals surface area contributed by atoms with E-state index in [0.717, 1.165) is 0 Å². The van der Waals surface area contributed by atoms with Crippen LogP contribution in [0.2, 0.25) is 0 Å². The Bertz CT molecular complexity index is 287. The minimum absolute atomic E-state index is 0.353. The molecule has 0 aromatic heterocycles. The third kappa shape index (κ3) is 1.42. The lowest BCUT2D eigenvalue weighted by Crippen LogP contribution is -2.20. The molecular formula is C8H8O4. The molecule has 0 aromatic carbocycles. The maximum atomic E-state index is 11.1. The summed E-state index contributed by atoms with van der Waals surface area (Å²) >= 11 is 0. The van der Waals surface area contributed by atoms with Crippen molar-refractivity contribution in [3.8, 4) is 0 Å². The Labute approximate surface area is 68.9 Å². The first-order valence-corrected chi connectivity index (χ1v) is 3.50. The van der Waals surface area contributed by atoms with Gasteiger partial charge in [0.15, 0.2) is 11.6 Å². The van der Waals surface area contributed by atoms with E-state index in [0.29, 0.717) is 5.57 Å². The number of aliphatic carboxylic acids is 1. The molecule has 1 rings (SSSR count). The molecule has 0 saturated heterocycles. The summed E-state index contributed by atoms with van der Waals surface area (Å²) in [6, 6.07) is 0. The van der Waals surface area contributed by atoms with Crippen LogP contribution in [0.3, 0.4) is 0 Å². The van der Waals surface area contributed by atoms with Gasteiger partial charge in [0.25, 0.3) is 0 Å². The lowest BCUT2D eigenvalue weighted by Gasteiger charge is -2.01. The van der Waals surface area contributed by atoms with Crippen molar-refractivity contribution in [3.05, 3.63) is 11.6 Å². The van der Waals surface area contributed by atoms with Crippen molar-refractivity contribution in [2.45, 2.75) is 13.3 Å². The van der Waals surface area contributed by atoms with Crippen molar-refractivity contribution in [1.29, 1.82) is 0 Å². The topological polar surface area (TPSA) is 71.4 Å². The zero-order chi connectivity index (χ0) is 9.30. The minimum Gasteiger partial charge on any atom is -0.481 e. The largest absolute Gasteiger partial charge is 0.481 e. The molecule has 0 fully saturated rings. The average Bonchev–Trinajstić information content (AvgIpc) is 2.16. The monoisotopic (exact) mass is 168 g/mol. The van der Waals surface area contributed by atoms with Crippen LogP contribution in [0.25, 0.3) is 0 Å². The van der Waals surface area contributed by atoms with Crippen LogP contribution >= 0.6 is 0 Å². The van der Waals surface area contributed by atoms with Crippen molar-refractivity contribution in [2.75, 3.05) is 0 Å². The summed E-state index contributed by atoms with van der Waals surface area (Å²) in [5.74, 6) is -2.84. The fraction of sp³-hybridized carbons (Fsp3) is 0.375. The van der Waals surface area contributed by atoms with Gasteiger partial charge in [-0.2, -0.15) is 0 Å². The standard InChI is InChI=1S/C8H8O4/c1-4-2-6(9)5(8(4)12)3-7(10)11/h2,5H,3H2,1H3,(H,10,11). The number of hydrogen-bond donors (Lipinski definition) is 1. The summed E-state index contributed by atoms with van der Waals surface area (Å²) < 4.78 is 0. The van der Waals surface area contributed by atoms with E-state index in [1.807, 2.05) is 0 Å². The molecular weight excluding hydrogens is 160 g/mol. The van der Waals surface area contributed by atoms with Gasteiger partial charge in [0.1, 0.15) is 0 Å². The number of Topliss-reactive ketones (excluding diaryl/α,β-unsaturated/α-hetero) is 1. The van der Waals surface area contributed by atoms with Crippen molar-refractivity contribution in [1.82, 2.24) is 0 Å². The van der Waals surface area contributed by atoms with Crippen molar-refractivity contribution in [3.63, 3.8) is 0 Å². The zero-order valence-electron chi connectivity index (χ0n) is 6.53. The number of allylic oxidation sites excluding steroid dienone is 2. The van der Waals surface area contributed by atoms with Crippen molar-refractivity contribution < 1.29 is 19.5 Å². The Morgan fingerprint density at radius 1 is 1.58 bits per heavy atom. The summed E-state index contributed by atoms with van der Waals surface area (Å²) in [6.45, 7) is 1.52. The maximum Gasteiger partial charge on any atom is 0.304 e. The molecule has 0 aliphatic heterocycles. The highest BCUT2D eigenvalue weighted by molar-refractivity contribution is 6.22. The molecule has 1 N–H and O–H groups in total. The van der Waals surface area contributed by atoms with Crippen LogP contribution in [0.15, 0.2) is 11.6 Å². The Hall–Kier alpha value is -1.45. The van der Waals surface area contributed by atoms with E-state index in [2.05, 4.69) is 0 Å². The van der Waals surface area contributed by atoms with Crippen LogP contribution in [0.1, 0.15) is 13.3 Å². The van der Waals surface area contributed by atoms with Gasteiger partial charge in [0.2, 0.25) is 0 Å². The smallest absolute Gasteiger partial charge is 0.304 e. The Balaban J connectivity index is 2.77. The first-order valence-electron chi connectivity index (χ1n) is 3.50. The van der Waals surface area contributed by atoms with Gasteiger partial charge < -0.3 is 5.11 Å². The van der Waals surface area contributed by atoms with Gasteiger partial charge in [-0.1, -0.05) is 0 Å². The molecule has 0 amide bonds. The summed E-state index contributed by atoms with van der Waals surface area (Å²) in [4.78, 5) is 32.3.